The van der Waals surface area contributed by atoms with Gasteiger partial charge in [-0.05, 0) is 80.5 Å². The standard InChI is InChI=1S/C59H74F3N9O10S/c1-37(40-10-12-41(13-11-40)52-39(3)65-36-82-52)66-55(75)49-31-46(72)34-71(49)57(76)53(58(4,5)6)68-51(73)35-80-27-26-79-25-24-78-21-18-69-16-14-47(15-17-69)81-56-50(70-19-22-77-23-20-70)29-43(32-64-56)48-30-45(33-63-38(48)2)67-54(74)42-8-7-9-44(28-42)59(60,61)62/h7-13,28-30,32-33,36-37,46-47,49,53,72H,14-27,31,34-35H2,1-6H3,(H,66,75)(H,67,74)(H,68,73)/t37-,46+,49-,53+/m0/s1. The first-order valence-corrected chi connectivity index (χ1v) is 28.6. The Balaban J connectivity index is 0.721. The molecule has 442 valence electrons. The van der Waals surface area contributed by atoms with E-state index in [1.165, 1.54) is 23.2 Å². The summed E-state index contributed by atoms with van der Waals surface area (Å²) < 4.78 is 69.4. The minimum atomic E-state index is -4.58. The van der Waals surface area contributed by atoms with Crippen LogP contribution in [0.3, 0.4) is 0 Å². The molecule has 23 heteroatoms. The van der Waals surface area contributed by atoms with Gasteiger partial charge < -0.3 is 59.4 Å². The van der Waals surface area contributed by atoms with Crippen LogP contribution in [0.1, 0.15) is 85.9 Å². The molecule has 0 radical (unpaired) electrons. The molecular formula is C59H74F3N9O10S. The first kappa shape index (κ1) is 61.5. The van der Waals surface area contributed by atoms with E-state index >= 15 is 0 Å². The molecule has 0 unspecified atom stereocenters. The summed E-state index contributed by atoms with van der Waals surface area (Å²) in [5.74, 6) is -1.53. The Morgan fingerprint density at radius 2 is 1.54 bits per heavy atom. The van der Waals surface area contributed by atoms with Gasteiger partial charge in [0, 0.05) is 74.3 Å². The topological polar surface area (TPSA) is 219 Å². The van der Waals surface area contributed by atoms with Gasteiger partial charge >= 0.3 is 6.18 Å². The van der Waals surface area contributed by atoms with E-state index in [4.69, 9.17) is 28.7 Å². The van der Waals surface area contributed by atoms with Gasteiger partial charge in [-0.15, -0.1) is 11.3 Å². The molecule has 0 aliphatic carbocycles. The van der Waals surface area contributed by atoms with Gasteiger partial charge in [-0.2, -0.15) is 13.2 Å². The Bertz CT molecular complexity index is 2960. The van der Waals surface area contributed by atoms with Crippen molar-refractivity contribution in [2.24, 2.45) is 5.41 Å². The molecule has 0 bridgehead atoms. The zero-order valence-corrected chi connectivity index (χ0v) is 48.1. The summed E-state index contributed by atoms with van der Waals surface area (Å²) in [5.41, 5.74) is 6.14. The maximum atomic E-state index is 14.1. The highest BCUT2D eigenvalue weighted by molar-refractivity contribution is 7.13. The first-order valence-electron chi connectivity index (χ1n) is 27.7. The van der Waals surface area contributed by atoms with Crippen molar-refractivity contribution >= 4 is 46.3 Å². The number of carbonyl (C=O) groups is 4. The number of anilines is 2. The van der Waals surface area contributed by atoms with E-state index in [2.05, 4.69) is 35.7 Å². The number of β-amino-alcohol motifs (C(OH)–C–C–N with tert-alkyl or cyclic N) is 1. The third-order valence-electron chi connectivity index (χ3n) is 14.7. The van der Waals surface area contributed by atoms with Crippen molar-refractivity contribution in [3.63, 3.8) is 0 Å². The molecule has 0 spiro atoms. The number of nitrogens with one attached hydrogen (secondary N) is 3. The molecule has 4 N–H and O–H groups in total. The van der Waals surface area contributed by atoms with Gasteiger partial charge in [0.05, 0.1) is 91.9 Å². The van der Waals surface area contributed by atoms with E-state index in [-0.39, 0.29) is 56.4 Å². The number of benzene rings is 2. The number of likely N-dealkylation sites (tertiary alicyclic amines) is 2. The highest BCUT2D eigenvalue weighted by Gasteiger charge is 2.45. The van der Waals surface area contributed by atoms with E-state index in [1.807, 2.05) is 77.4 Å². The Labute approximate surface area is 480 Å². The number of piperidine rings is 1. The number of rotatable bonds is 23. The number of hydrogen-bond donors (Lipinski definition) is 4. The molecule has 3 aliphatic rings. The van der Waals surface area contributed by atoms with Gasteiger partial charge in [-0.25, -0.2) is 9.97 Å². The van der Waals surface area contributed by atoms with Gasteiger partial charge in [0.25, 0.3) is 5.91 Å². The molecule has 3 aliphatic heterocycles. The molecule has 6 heterocycles. The monoisotopic (exact) mass is 1160 g/mol. The number of amides is 4. The van der Waals surface area contributed by atoms with Crippen LogP contribution in [0.15, 0.2) is 78.6 Å². The van der Waals surface area contributed by atoms with E-state index in [1.54, 1.807) is 23.6 Å². The van der Waals surface area contributed by atoms with Crippen molar-refractivity contribution in [2.45, 2.75) is 97.3 Å². The number of nitrogens with zero attached hydrogens (tertiary/aromatic N) is 6. The van der Waals surface area contributed by atoms with E-state index in [0.29, 0.717) is 68.9 Å². The van der Waals surface area contributed by atoms with Crippen LogP contribution in [0, 0.1) is 19.3 Å². The summed E-state index contributed by atoms with van der Waals surface area (Å²) in [6.07, 6.45) is -0.741. The molecule has 4 amide bonds. The van der Waals surface area contributed by atoms with Crippen LogP contribution in [-0.2, 0) is 39.5 Å². The fourth-order valence-corrected chi connectivity index (χ4v) is 10.9. The average Bonchev–Trinajstić information content (AvgIpc) is 4.09. The lowest BCUT2D eigenvalue weighted by Crippen LogP contribution is -2.58. The lowest BCUT2D eigenvalue weighted by molar-refractivity contribution is -0.144. The molecule has 3 aromatic heterocycles. The molecule has 4 atom stereocenters. The molecule has 82 heavy (non-hydrogen) atoms. The summed E-state index contributed by atoms with van der Waals surface area (Å²) in [6, 6.07) is 13.6. The van der Waals surface area contributed by atoms with Crippen molar-refractivity contribution < 1.29 is 61.1 Å². The number of pyridine rings is 2. The summed E-state index contributed by atoms with van der Waals surface area (Å²) in [4.78, 5) is 74.5. The highest BCUT2D eigenvalue weighted by atomic mass is 32.1. The number of hydrogen-bond acceptors (Lipinski definition) is 16. The second kappa shape index (κ2) is 28.1. The van der Waals surface area contributed by atoms with Gasteiger partial charge in [0.1, 0.15) is 30.5 Å². The minimum absolute atomic E-state index is 0.0363. The Morgan fingerprint density at radius 3 is 2.22 bits per heavy atom. The van der Waals surface area contributed by atoms with E-state index < -0.39 is 53.1 Å². The number of aliphatic hydroxyl groups excluding tert-OH is 1. The van der Waals surface area contributed by atoms with Gasteiger partial charge in [-0.1, -0.05) is 51.1 Å². The van der Waals surface area contributed by atoms with Crippen molar-refractivity contribution in [1.29, 1.82) is 0 Å². The van der Waals surface area contributed by atoms with Crippen molar-refractivity contribution in [2.75, 3.05) is 102 Å². The van der Waals surface area contributed by atoms with Crippen molar-refractivity contribution in [3.05, 3.63) is 107 Å². The predicted octanol–water partition coefficient (Wildman–Crippen LogP) is 7.25. The maximum Gasteiger partial charge on any atom is 0.416 e. The van der Waals surface area contributed by atoms with E-state index in [9.17, 15) is 37.5 Å². The average molecular weight is 1160 g/mol. The number of aliphatic hydroxyl groups is 1. The smallest absolute Gasteiger partial charge is 0.416 e. The quantitative estimate of drug-likeness (QED) is 0.0474. The number of aromatic nitrogens is 3. The molecular weight excluding hydrogens is 1080 g/mol. The lowest BCUT2D eigenvalue weighted by Gasteiger charge is -2.35. The number of alkyl halides is 3. The van der Waals surface area contributed by atoms with Crippen LogP contribution >= 0.6 is 11.3 Å². The summed E-state index contributed by atoms with van der Waals surface area (Å²) >= 11 is 1.57. The first-order chi connectivity index (χ1) is 39.2. The number of ether oxygens (including phenoxy) is 5. The number of aryl methyl sites for hydroxylation is 2. The normalized spacial score (nSPS) is 18.0. The fraction of sp³-hybridized carbons (Fsp3) is 0.508. The summed E-state index contributed by atoms with van der Waals surface area (Å²) in [6.45, 7) is 17.1. The van der Waals surface area contributed by atoms with Crippen LogP contribution in [0.4, 0.5) is 24.5 Å². The molecule has 3 fully saturated rings. The zero-order valence-electron chi connectivity index (χ0n) is 47.3. The third-order valence-corrected chi connectivity index (χ3v) is 15.7. The van der Waals surface area contributed by atoms with Crippen LogP contribution in [0.5, 0.6) is 5.88 Å². The number of halogens is 3. The second-order valence-corrected chi connectivity index (χ2v) is 22.7. The summed E-state index contributed by atoms with van der Waals surface area (Å²) in [7, 11) is 0. The molecule has 5 aromatic rings. The summed E-state index contributed by atoms with van der Waals surface area (Å²) in [5, 5.41) is 19.2. The molecule has 8 rings (SSSR count). The Hall–Kier alpha value is -6.60. The van der Waals surface area contributed by atoms with Crippen LogP contribution in [0.25, 0.3) is 21.6 Å². The van der Waals surface area contributed by atoms with Gasteiger partial charge in [0.2, 0.25) is 23.6 Å². The van der Waals surface area contributed by atoms with Crippen LogP contribution in [-0.4, -0.2) is 170 Å². The molecule has 19 nitrogen and oxygen atoms in total. The lowest BCUT2D eigenvalue weighted by atomic mass is 9.85. The van der Waals surface area contributed by atoms with Crippen LogP contribution < -0.4 is 25.6 Å². The minimum Gasteiger partial charge on any atom is -0.473 e. The van der Waals surface area contributed by atoms with Crippen molar-refractivity contribution in [1.82, 2.24) is 35.4 Å². The largest absolute Gasteiger partial charge is 0.473 e. The van der Waals surface area contributed by atoms with Gasteiger partial charge in [-0.3, -0.25) is 24.2 Å². The Morgan fingerprint density at radius 1 is 0.829 bits per heavy atom. The van der Waals surface area contributed by atoms with Crippen molar-refractivity contribution in [3.8, 4) is 27.4 Å². The van der Waals surface area contributed by atoms with Crippen LogP contribution in [0.2, 0.25) is 0 Å². The Kier molecular flexibility index (Phi) is 21.1. The molecule has 3 saturated heterocycles. The number of carbonyl (C=O) groups excluding carboxylic acids is 4. The zero-order chi connectivity index (χ0) is 58.6. The number of morpholine rings is 1. The molecule has 0 saturated carbocycles. The third kappa shape index (κ3) is 16.6. The number of thiazole rings is 1. The SMILES string of the molecule is Cc1ncc(NC(=O)c2cccc(C(F)(F)F)c2)cc1-c1cnc(OC2CCN(CCOCCOCCOCC(=O)N[C@H](C(=O)N3C[C@H](O)C[C@H]3C(=O)N[C@@H](C)c3ccc(-c4scnc4C)cc3)C(C)(C)C)CC2)c(N2CCOCC2)c1. The predicted molar refractivity (Wildman–Crippen MR) is 304 cm³/mol. The fourth-order valence-electron chi connectivity index (χ4n) is 10.1. The maximum absolute atomic E-state index is 14.1. The highest BCUT2D eigenvalue weighted by Crippen LogP contribution is 2.36. The van der Waals surface area contributed by atoms with Gasteiger partial charge in [0.15, 0.2) is 0 Å². The second-order valence-electron chi connectivity index (χ2n) is 21.9. The van der Waals surface area contributed by atoms with E-state index in [0.717, 1.165) is 77.6 Å². The molecule has 2 aromatic carbocycles.